The van der Waals surface area contributed by atoms with Gasteiger partial charge in [0.05, 0.1) is 11.0 Å². The fourth-order valence-corrected chi connectivity index (χ4v) is 3.36. The smallest absolute Gasteiger partial charge is 0.407 e. The number of nitrogens with one attached hydrogen (secondary N) is 1. The summed E-state index contributed by atoms with van der Waals surface area (Å²) in [6.45, 7) is 7.39. The largest absolute Gasteiger partial charge is 0.444 e. The Bertz CT molecular complexity index is 702. The van der Waals surface area contributed by atoms with Crippen molar-refractivity contribution in [2.24, 2.45) is 0 Å². The summed E-state index contributed by atoms with van der Waals surface area (Å²) in [4.78, 5) is 11.9. The zero-order valence-electron chi connectivity index (χ0n) is 14.6. The average Bonchev–Trinajstić information content (AvgIpc) is 2.40. The second kappa shape index (κ2) is 7.11. The van der Waals surface area contributed by atoms with E-state index in [1.807, 2.05) is 6.92 Å². The van der Waals surface area contributed by atoms with Crippen molar-refractivity contribution < 1.29 is 22.1 Å². The molecule has 0 unspecified atom stereocenters. The molecule has 6 nitrogen and oxygen atoms in total. The van der Waals surface area contributed by atoms with Crippen LogP contribution in [-0.4, -0.2) is 26.2 Å². The summed E-state index contributed by atoms with van der Waals surface area (Å²) in [5, 5.41) is 2.64. The van der Waals surface area contributed by atoms with Crippen molar-refractivity contribution in [1.29, 1.82) is 0 Å². The molecule has 7 heteroatoms. The van der Waals surface area contributed by atoms with Gasteiger partial charge in [0, 0.05) is 6.54 Å². The molecule has 0 bridgehead atoms. The average molecular weight is 355 g/mol. The summed E-state index contributed by atoms with van der Waals surface area (Å²) in [5.74, 6) is 0. The third-order valence-corrected chi connectivity index (χ3v) is 5.10. The summed E-state index contributed by atoms with van der Waals surface area (Å²) in [5.41, 5.74) is 1.01. The van der Waals surface area contributed by atoms with Crippen LogP contribution in [-0.2, 0) is 25.6 Å². The molecule has 1 fully saturated rings. The van der Waals surface area contributed by atoms with Crippen molar-refractivity contribution in [3.63, 3.8) is 0 Å². The summed E-state index contributed by atoms with van der Waals surface area (Å²) >= 11 is 0. The topological polar surface area (TPSA) is 81.7 Å². The molecule has 0 heterocycles. The maximum atomic E-state index is 12.3. The van der Waals surface area contributed by atoms with Crippen molar-refractivity contribution in [2.75, 3.05) is 0 Å². The first kappa shape index (κ1) is 18.7. The van der Waals surface area contributed by atoms with E-state index in [0.717, 1.165) is 24.8 Å². The van der Waals surface area contributed by atoms with E-state index in [1.165, 1.54) is 6.07 Å². The molecular weight excluding hydrogens is 330 g/mol. The molecule has 1 amide bonds. The molecule has 2 rings (SSSR count). The minimum Gasteiger partial charge on any atom is -0.444 e. The van der Waals surface area contributed by atoms with Crippen LogP contribution in [0.5, 0.6) is 0 Å². The predicted octanol–water partition coefficient (Wildman–Crippen LogP) is 3.28. The minimum atomic E-state index is -3.77. The van der Waals surface area contributed by atoms with E-state index in [0.29, 0.717) is 5.56 Å². The van der Waals surface area contributed by atoms with E-state index in [4.69, 9.17) is 8.92 Å². The van der Waals surface area contributed by atoms with Crippen LogP contribution in [0.2, 0.25) is 0 Å². The highest BCUT2D eigenvalue weighted by Gasteiger charge is 2.27. The molecular formula is C17H25NO5S. The summed E-state index contributed by atoms with van der Waals surface area (Å²) in [7, 11) is -3.77. The quantitative estimate of drug-likeness (QED) is 0.820. The van der Waals surface area contributed by atoms with Crippen LogP contribution >= 0.6 is 0 Å². The Morgan fingerprint density at radius 1 is 1.29 bits per heavy atom. The number of carbonyl (C=O) groups excluding carboxylic acids is 1. The number of aryl methyl sites for hydroxylation is 1. The molecule has 1 saturated carbocycles. The van der Waals surface area contributed by atoms with Crippen LogP contribution in [0, 0.1) is 6.92 Å². The predicted molar refractivity (Wildman–Crippen MR) is 90.2 cm³/mol. The van der Waals surface area contributed by atoms with E-state index < -0.39 is 21.8 Å². The monoisotopic (exact) mass is 355 g/mol. The van der Waals surface area contributed by atoms with E-state index in [1.54, 1.807) is 32.9 Å². The van der Waals surface area contributed by atoms with Gasteiger partial charge in [0.15, 0.2) is 0 Å². The molecule has 0 spiro atoms. The van der Waals surface area contributed by atoms with E-state index in [9.17, 15) is 13.2 Å². The molecule has 0 saturated heterocycles. The molecule has 1 N–H and O–H groups in total. The number of hydrogen-bond acceptors (Lipinski definition) is 5. The van der Waals surface area contributed by atoms with Gasteiger partial charge >= 0.3 is 6.09 Å². The van der Waals surface area contributed by atoms with Crippen LogP contribution in [0.3, 0.4) is 0 Å². The maximum Gasteiger partial charge on any atom is 0.407 e. The minimum absolute atomic E-state index is 0.112. The number of ether oxygens (including phenoxy) is 1. The first-order valence-electron chi connectivity index (χ1n) is 8.06. The third kappa shape index (κ3) is 5.21. The maximum absolute atomic E-state index is 12.3. The van der Waals surface area contributed by atoms with E-state index in [2.05, 4.69) is 5.32 Å². The van der Waals surface area contributed by atoms with Gasteiger partial charge in [0.1, 0.15) is 5.60 Å². The second-order valence-electron chi connectivity index (χ2n) is 7.05. The highest BCUT2D eigenvalue weighted by atomic mass is 32.2. The molecule has 0 aromatic heterocycles. The second-order valence-corrected chi connectivity index (χ2v) is 8.62. The Kier molecular flexibility index (Phi) is 5.55. The zero-order chi connectivity index (χ0) is 18.0. The van der Waals surface area contributed by atoms with Gasteiger partial charge in [-0.25, -0.2) is 4.79 Å². The summed E-state index contributed by atoms with van der Waals surface area (Å²) < 4.78 is 35.0. The lowest BCUT2D eigenvalue weighted by Crippen LogP contribution is -2.32. The summed E-state index contributed by atoms with van der Waals surface area (Å²) in [6.07, 6.45) is 1.80. The van der Waals surface area contributed by atoms with Crippen molar-refractivity contribution in [3.8, 4) is 0 Å². The number of carbonyl (C=O) groups is 1. The molecule has 1 aliphatic rings. The van der Waals surface area contributed by atoms with Gasteiger partial charge in [-0.1, -0.05) is 6.07 Å². The molecule has 24 heavy (non-hydrogen) atoms. The zero-order valence-corrected chi connectivity index (χ0v) is 15.4. The Hall–Kier alpha value is -1.60. The van der Waals surface area contributed by atoms with Crippen LogP contribution < -0.4 is 5.32 Å². The van der Waals surface area contributed by atoms with Crippen LogP contribution in [0.15, 0.2) is 23.1 Å². The molecule has 0 aliphatic heterocycles. The Morgan fingerprint density at radius 3 is 2.50 bits per heavy atom. The van der Waals surface area contributed by atoms with E-state index in [-0.39, 0.29) is 17.5 Å². The fraction of sp³-hybridized carbons (Fsp3) is 0.588. The number of alkyl carbamates (subject to hydrolysis) is 1. The molecule has 0 atom stereocenters. The highest BCUT2D eigenvalue weighted by Crippen LogP contribution is 2.27. The van der Waals surface area contributed by atoms with Crippen molar-refractivity contribution in [2.45, 2.75) is 70.1 Å². The van der Waals surface area contributed by atoms with Gasteiger partial charge in [-0.2, -0.15) is 8.42 Å². The number of benzene rings is 1. The number of rotatable bonds is 5. The fourth-order valence-electron chi connectivity index (χ4n) is 2.18. The first-order valence-corrected chi connectivity index (χ1v) is 9.47. The molecule has 1 aromatic rings. The number of amides is 1. The SMILES string of the molecule is Cc1ccc(S(=O)(=O)OC2CCC2)cc1CNC(=O)OC(C)(C)C. The van der Waals surface area contributed by atoms with Crippen LogP contribution in [0.4, 0.5) is 4.79 Å². The van der Waals surface area contributed by atoms with Crippen LogP contribution in [0.1, 0.15) is 51.2 Å². The van der Waals surface area contributed by atoms with Gasteiger partial charge < -0.3 is 10.1 Å². The lowest BCUT2D eigenvalue weighted by molar-refractivity contribution is 0.0523. The summed E-state index contributed by atoms with van der Waals surface area (Å²) in [6, 6.07) is 4.78. The molecule has 0 radical (unpaired) electrons. The molecule has 1 aromatic carbocycles. The Balaban J connectivity index is 2.06. The van der Waals surface area contributed by atoms with Crippen molar-refractivity contribution in [3.05, 3.63) is 29.3 Å². The Morgan fingerprint density at radius 2 is 1.96 bits per heavy atom. The highest BCUT2D eigenvalue weighted by molar-refractivity contribution is 7.86. The molecule has 134 valence electrons. The van der Waals surface area contributed by atoms with E-state index >= 15 is 0 Å². The normalized spacial score (nSPS) is 15.7. The Labute approximate surface area is 143 Å². The van der Waals surface area contributed by atoms with Gasteiger partial charge in [-0.3, -0.25) is 4.18 Å². The number of hydrogen-bond donors (Lipinski definition) is 1. The van der Waals surface area contributed by atoms with Gasteiger partial charge in [0.2, 0.25) is 0 Å². The lowest BCUT2D eigenvalue weighted by Gasteiger charge is -2.24. The first-order chi connectivity index (χ1) is 11.1. The third-order valence-electron chi connectivity index (χ3n) is 3.75. The van der Waals surface area contributed by atoms with Gasteiger partial charge in [-0.05, 0) is 70.2 Å². The lowest BCUT2D eigenvalue weighted by atomic mass is 9.97. The van der Waals surface area contributed by atoms with Gasteiger partial charge in [-0.15, -0.1) is 0 Å². The van der Waals surface area contributed by atoms with Gasteiger partial charge in [0.25, 0.3) is 10.1 Å². The standard InChI is InChI=1S/C17H25NO5S/c1-12-8-9-15(24(20,21)23-14-6-5-7-14)10-13(12)11-18-16(19)22-17(2,3)4/h8-10,14H,5-7,11H2,1-4H3,(H,18,19). The molecule has 1 aliphatic carbocycles. The van der Waals surface area contributed by atoms with Crippen LogP contribution in [0.25, 0.3) is 0 Å². The van der Waals surface area contributed by atoms with Crippen molar-refractivity contribution in [1.82, 2.24) is 5.32 Å². The van der Waals surface area contributed by atoms with Crippen molar-refractivity contribution >= 4 is 16.2 Å².